The Kier molecular flexibility index (Phi) is 4.24. The van der Waals surface area contributed by atoms with Gasteiger partial charge in [-0.1, -0.05) is 39.3 Å². The number of rotatable bonds is 6. The quantitative estimate of drug-likeness (QED) is 0.327. The van der Waals surface area contributed by atoms with Crippen molar-refractivity contribution in [3.05, 3.63) is 34.3 Å². The molecule has 0 radical (unpaired) electrons. The van der Waals surface area contributed by atoms with Crippen molar-refractivity contribution >= 4 is 21.8 Å². The fourth-order valence-corrected chi connectivity index (χ4v) is 2.54. The van der Waals surface area contributed by atoms with E-state index in [9.17, 15) is 0 Å². The van der Waals surface area contributed by atoms with Crippen LogP contribution in [0.25, 0.3) is 0 Å². The topological polar surface area (TPSA) is 70.6 Å². The van der Waals surface area contributed by atoms with Gasteiger partial charge in [-0.2, -0.15) is 0 Å². The minimum absolute atomic E-state index is 0.206. The summed E-state index contributed by atoms with van der Waals surface area (Å²) >= 11 is 3.53. The van der Waals surface area contributed by atoms with Crippen molar-refractivity contribution in [2.45, 2.75) is 25.8 Å². The molecule has 5 heteroatoms. The van der Waals surface area contributed by atoms with Crippen LogP contribution in [-0.2, 0) is 6.54 Å². The Bertz CT molecular complexity index is 444. The van der Waals surface area contributed by atoms with E-state index in [0.717, 1.165) is 30.4 Å². The summed E-state index contributed by atoms with van der Waals surface area (Å²) in [6.45, 7) is 1.74. The second-order valence-electron chi connectivity index (χ2n) is 4.96. The van der Waals surface area contributed by atoms with Gasteiger partial charge >= 0.3 is 0 Å². The van der Waals surface area contributed by atoms with Crippen molar-refractivity contribution in [2.24, 2.45) is 16.3 Å². The maximum Gasteiger partial charge on any atom is 0.139 e. The standard InChI is InChI=1S/C13H18BrN3O/c14-11-4-2-1-3-10(11)8-16-9-13(5-6-13)7-12(15)17-18/h1-4,16,18H,5-9H2,(H2,15,17). The van der Waals surface area contributed by atoms with E-state index >= 15 is 0 Å². The maximum atomic E-state index is 8.60. The molecule has 4 N–H and O–H groups in total. The first kappa shape index (κ1) is 13.4. The number of benzene rings is 1. The van der Waals surface area contributed by atoms with Gasteiger partial charge in [0.2, 0.25) is 0 Å². The second kappa shape index (κ2) is 5.71. The highest BCUT2D eigenvalue weighted by molar-refractivity contribution is 9.10. The molecule has 0 spiro atoms. The molecule has 0 atom stereocenters. The molecule has 1 aliphatic carbocycles. The van der Waals surface area contributed by atoms with Crippen LogP contribution in [0.5, 0.6) is 0 Å². The Labute approximate surface area is 115 Å². The summed E-state index contributed by atoms with van der Waals surface area (Å²) in [6, 6.07) is 8.18. The zero-order chi connectivity index (χ0) is 13.0. The third kappa shape index (κ3) is 3.46. The summed E-state index contributed by atoms with van der Waals surface area (Å²) in [4.78, 5) is 0. The fourth-order valence-electron chi connectivity index (χ4n) is 2.12. The molecule has 1 aromatic carbocycles. The predicted molar refractivity (Wildman–Crippen MR) is 75.5 cm³/mol. The molecule has 18 heavy (non-hydrogen) atoms. The summed E-state index contributed by atoms with van der Waals surface area (Å²) in [6.07, 6.45) is 2.96. The molecular weight excluding hydrogens is 294 g/mol. The second-order valence-corrected chi connectivity index (χ2v) is 5.82. The van der Waals surface area contributed by atoms with Crippen molar-refractivity contribution in [2.75, 3.05) is 6.54 Å². The lowest BCUT2D eigenvalue weighted by atomic mass is 10.0. The van der Waals surface area contributed by atoms with Gasteiger partial charge in [-0.3, -0.25) is 0 Å². The zero-order valence-corrected chi connectivity index (χ0v) is 11.8. The molecule has 0 saturated heterocycles. The first-order valence-electron chi connectivity index (χ1n) is 6.06. The van der Waals surface area contributed by atoms with Crippen LogP contribution in [0.4, 0.5) is 0 Å². The molecule has 0 heterocycles. The molecular formula is C13H18BrN3O. The molecule has 0 amide bonds. The normalized spacial score (nSPS) is 17.7. The molecule has 98 valence electrons. The Morgan fingerprint density at radius 2 is 2.17 bits per heavy atom. The van der Waals surface area contributed by atoms with Gasteiger partial charge in [-0.15, -0.1) is 0 Å². The first-order chi connectivity index (χ1) is 8.65. The van der Waals surface area contributed by atoms with Gasteiger partial charge in [0.25, 0.3) is 0 Å². The SMILES string of the molecule is NC(CC1(CNCc2ccccc2Br)CC1)=NO. The van der Waals surface area contributed by atoms with Crippen LogP contribution in [0.1, 0.15) is 24.8 Å². The van der Waals surface area contributed by atoms with Gasteiger partial charge in [0.15, 0.2) is 0 Å². The van der Waals surface area contributed by atoms with Crippen molar-refractivity contribution < 1.29 is 5.21 Å². The number of nitrogens with zero attached hydrogens (tertiary/aromatic N) is 1. The number of halogens is 1. The number of hydrogen-bond donors (Lipinski definition) is 3. The Hall–Kier alpha value is -1.07. The van der Waals surface area contributed by atoms with E-state index in [1.165, 1.54) is 5.56 Å². The van der Waals surface area contributed by atoms with Gasteiger partial charge in [-0.05, 0) is 29.9 Å². The minimum atomic E-state index is 0.206. The molecule has 0 aliphatic heterocycles. The number of amidine groups is 1. The van der Waals surface area contributed by atoms with Gasteiger partial charge < -0.3 is 16.3 Å². The van der Waals surface area contributed by atoms with Gasteiger partial charge in [0.05, 0.1) is 0 Å². The van der Waals surface area contributed by atoms with Crippen LogP contribution >= 0.6 is 15.9 Å². The smallest absolute Gasteiger partial charge is 0.139 e. The van der Waals surface area contributed by atoms with Crippen LogP contribution in [0.2, 0.25) is 0 Å². The third-order valence-corrected chi connectivity index (χ3v) is 4.19. The predicted octanol–water partition coefficient (Wildman–Crippen LogP) is 2.46. The number of nitrogens with two attached hydrogens (primary N) is 1. The number of hydrogen-bond acceptors (Lipinski definition) is 3. The van der Waals surface area contributed by atoms with Crippen LogP contribution in [-0.4, -0.2) is 17.6 Å². The summed E-state index contributed by atoms with van der Waals surface area (Å²) in [5, 5.41) is 15.1. The van der Waals surface area contributed by atoms with Crippen molar-refractivity contribution in [3.63, 3.8) is 0 Å². The lowest BCUT2D eigenvalue weighted by molar-refractivity contribution is 0.314. The summed E-state index contributed by atoms with van der Waals surface area (Å²) < 4.78 is 1.12. The van der Waals surface area contributed by atoms with Crippen molar-refractivity contribution in [3.8, 4) is 0 Å². The zero-order valence-electron chi connectivity index (χ0n) is 10.2. The molecule has 1 aliphatic rings. The van der Waals surface area contributed by atoms with E-state index in [-0.39, 0.29) is 5.41 Å². The Balaban J connectivity index is 1.81. The molecule has 1 fully saturated rings. The fraction of sp³-hybridized carbons (Fsp3) is 0.462. The Morgan fingerprint density at radius 1 is 1.44 bits per heavy atom. The van der Waals surface area contributed by atoms with Crippen molar-refractivity contribution in [1.82, 2.24) is 5.32 Å². The van der Waals surface area contributed by atoms with Gasteiger partial charge in [0, 0.05) is 24.0 Å². The van der Waals surface area contributed by atoms with Crippen LogP contribution in [0, 0.1) is 5.41 Å². The van der Waals surface area contributed by atoms with Crippen molar-refractivity contribution in [1.29, 1.82) is 0 Å². The van der Waals surface area contributed by atoms with Gasteiger partial charge in [-0.25, -0.2) is 0 Å². The number of oxime groups is 1. The molecule has 0 bridgehead atoms. The highest BCUT2D eigenvalue weighted by Gasteiger charge is 2.42. The average Bonchev–Trinajstić information content (AvgIpc) is 3.11. The highest BCUT2D eigenvalue weighted by Crippen LogP contribution is 2.48. The molecule has 0 unspecified atom stereocenters. The molecule has 2 rings (SSSR count). The lowest BCUT2D eigenvalue weighted by Gasteiger charge is -2.15. The molecule has 4 nitrogen and oxygen atoms in total. The molecule has 0 aromatic heterocycles. The lowest BCUT2D eigenvalue weighted by Crippen LogP contribution is -2.28. The molecule has 1 aromatic rings. The van der Waals surface area contributed by atoms with Crippen LogP contribution < -0.4 is 11.1 Å². The summed E-state index contributed by atoms with van der Waals surface area (Å²) in [5.41, 5.74) is 7.02. The first-order valence-corrected chi connectivity index (χ1v) is 6.85. The summed E-state index contributed by atoms with van der Waals surface area (Å²) in [7, 11) is 0. The van der Waals surface area contributed by atoms with E-state index in [1.54, 1.807) is 0 Å². The van der Waals surface area contributed by atoms with Gasteiger partial charge in [0.1, 0.15) is 5.84 Å². The van der Waals surface area contributed by atoms with E-state index in [4.69, 9.17) is 10.9 Å². The summed E-state index contributed by atoms with van der Waals surface area (Å²) in [5.74, 6) is 0.329. The average molecular weight is 312 g/mol. The largest absolute Gasteiger partial charge is 0.409 e. The minimum Gasteiger partial charge on any atom is -0.409 e. The van der Waals surface area contributed by atoms with E-state index in [1.807, 2.05) is 18.2 Å². The van der Waals surface area contributed by atoms with Crippen LogP contribution in [0.15, 0.2) is 33.9 Å². The maximum absolute atomic E-state index is 8.60. The monoisotopic (exact) mass is 311 g/mol. The highest BCUT2D eigenvalue weighted by atomic mass is 79.9. The van der Waals surface area contributed by atoms with E-state index < -0.39 is 0 Å². The van der Waals surface area contributed by atoms with E-state index in [0.29, 0.717) is 12.3 Å². The Morgan fingerprint density at radius 3 is 2.78 bits per heavy atom. The van der Waals surface area contributed by atoms with Crippen LogP contribution in [0.3, 0.4) is 0 Å². The molecule has 1 saturated carbocycles. The third-order valence-electron chi connectivity index (χ3n) is 3.41. The van der Waals surface area contributed by atoms with E-state index in [2.05, 4.69) is 32.5 Å². The number of nitrogens with one attached hydrogen (secondary N) is 1.